The molecule has 2 heterocycles. The number of ether oxygens (including phenoxy) is 2. The van der Waals surface area contributed by atoms with Crippen molar-refractivity contribution < 1.29 is 14.3 Å². The molecule has 2 N–H and O–H groups in total. The van der Waals surface area contributed by atoms with E-state index < -0.39 is 0 Å². The van der Waals surface area contributed by atoms with E-state index in [0.717, 1.165) is 36.4 Å². The fraction of sp³-hybridized carbons (Fsp3) is 0.316. The summed E-state index contributed by atoms with van der Waals surface area (Å²) in [7, 11) is 0. The number of hydrogen-bond donors (Lipinski definition) is 2. The second-order valence-corrected chi connectivity index (χ2v) is 6.11. The van der Waals surface area contributed by atoms with Crippen LogP contribution in [0.4, 0.5) is 5.69 Å². The highest BCUT2D eigenvalue weighted by atomic mass is 16.5. The van der Waals surface area contributed by atoms with Crippen LogP contribution in [0.2, 0.25) is 0 Å². The SMILES string of the molecule is O=C1N[C@H](c2ccc(OC[C@@H]3CCCO3)cc2)Nc2ccccc21. The lowest BCUT2D eigenvalue weighted by Gasteiger charge is -2.28. The van der Waals surface area contributed by atoms with Gasteiger partial charge in [-0.05, 0) is 42.7 Å². The van der Waals surface area contributed by atoms with Gasteiger partial charge in [0.15, 0.2) is 0 Å². The molecule has 2 aromatic carbocycles. The summed E-state index contributed by atoms with van der Waals surface area (Å²) in [5, 5.41) is 6.32. The van der Waals surface area contributed by atoms with Crippen molar-refractivity contribution >= 4 is 11.6 Å². The first-order chi connectivity index (χ1) is 11.8. The van der Waals surface area contributed by atoms with Gasteiger partial charge in [0.05, 0.1) is 11.7 Å². The minimum Gasteiger partial charge on any atom is -0.491 e. The highest BCUT2D eigenvalue weighted by molar-refractivity contribution is 6.01. The van der Waals surface area contributed by atoms with Gasteiger partial charge in [-0.3, -0.25) is 4.79 Å². The van der Waals surface area contributed by atoms with Gasteiger partial charge in [0.25, 0.3) is 5.91 Å². The van der Waals surface area contributed by atoms with Gasteiger partial charge in [-0.2, -0.15) is 0 Å². The fourth-order valence-corrected chi connectivity index (χ4v) is 3.10. The van der Waals surface area contributed by atoms with E-state index in [4.69, 9.17) is 9.47 Å². The summed E-state index contributed by atoms with van der Waals surface area (Å²) in [6, 6.07) is 15.3. The van der Waals surface area contributed by atoms with Crippen molar-refractivity contribution in [3.8, 4) is 5.75 Å². The van der Waals surface area contributed by atoms with Gasteiger partial charge in [0.1, 0.15) is 18.5 Å². The molecule has 0 radical (unpaired) electrons. The van der Waals surface area contributed by atoms with Crippen LogP contribution in [0.3, 0.4) is 0 Å². The molecular formula is C19H20N2O3. The van der Waals surface area contributed by atoms with Gasteiger partial charge in [0.2, 0.25) is 0 Å². The Morgan fingerprint density at radius 1 is 1.08 bits per heavy atom. The number of amides is 1. The van der Waals surface area contributed by atoms with Crippen molar-refractivity contribution in [3.05, 3.63) is 59.7 Å². The Kier molecular flexibility index (Phi) is 4.09. The number of nitrogens with one attached hydrogen (secondary N) is 2. The Bertz CT molecular complexity index is 724. The second-order valence-electron chi connectivity index (χ2n) is 6.11. The van der Waals surface area contributed by atoms with E-state index in [9.17, 15) is 4.79 Å². The summed E-state index contributed by atoms with van der Waals surface area (Å²) in [5.74, 6) is 0.754. The number of carbonyl (C=O) groups is 1. The van der Waals surface area contributed by atoms with E-state index in [0.29, 0.717) is 12.2 Å². The molecule has 4 rings (SSSR count). The summed E-state index contributed by atoms with van der Waals surface area (Å²) in [4.78, 5) is 12.2. The van der Waals surface area contributed by atoms with Crippen LogP contribution in [-0.4, -0.2) is 25.2 Å². The molecule has 0 spiro atoms. The van der Waals surface area contributed by atoms with Gasteiger partial charge < -0.3 is 20.1 Å². The maximum atomic E-state index is 12.2. The molecule has 2 aliphatic heterocycles. The monoisotopic (exact) mass is 324 g/mol. The van der Waals surface area contributed by atoms with Gasteiger partial charge in [-0.15, -0.1) is 0 Å². The number of fused-ring (bicyclic) bond motifs is 1. The minimum absolute atomic E-state index is 0.0620. The lowest BCUT2D eigenvalue weighted by Crippen LogP contribution is -2.38. The quantitative estimate of drug-likeness (QED) is 0.907. The minimum atomic E-state index is -0.236. The zero-order valence-corrected chi connectivity index (χ0v) is 13.3. The number of hydrogen-bond acceptors (Lipinski definition) is 4. The van der Waals surface area contributed by atoms with Gasteiger partial charge >= 0.3 is 0 Å². The van der Waals surface area contributed by atoms with Crippen molar-refractivity contribution in [2.24, 2.45) is 0 Å². The van der Waals surface area contributed by atoms with Crippen LogP contribution in [0.1, 0.15) is 34.9 Å². The number of carbonyl (C=O) groups excluding carboxylic acids is 1. The molecule has 2 atom stereocenters. The van der Waals surface area contributed by atoms with Crippen LogP contribution in [0, 0.1) is 0 Å². The molecule has 24 heavy (non-hydrogen) atoms. The molecule has 1 saturated heterocycles. The Morgan fingerprint density at radius 2 is 1.92 bits per heavy atom. The predicted octanol–water partition coefficient (Wildman–Crippen LogP) is 3.10. The molecule has 0 bridgehead atoms. The summed E-state index contributed by atoms with van der Waals surface area (Å²) in [6.07, 6.45) is 2.15. The first-order valence-corrected chi connectivity index (χ1v) is 8.30. The second kappa shape index (κ2) is 6.53. The molecule has 1 fully saturated rings. The number of benzene rings is 2. The lowest BCUT2D eigenvalue weighted by molar-refractivity contribution is 0.0679. The first kappa shape index (κ1) is 15.0. The summed E-state index contributed by atoms with van der Waals surface area (Å²) in [6.45, 7) is 1.42. The Labute approximate surface area is 141 Å². The molecule has 0 aliphatic carbocycles. The molecule has 124 valence electrons. The largest absolute Gasteiger partial charge is 0.491 e. The maximum absolute atomic E-state index is 12.2. The van der Waals surface area contributed by atoms with Crippen molar-refractivity contribution in [1.29, 1.82) is 0 Å². The Hall–Kier alpha value is -2.53. The van der Waals surface area contributed by atoms with Gasteiger partial charge in [-0.25, -0.2) is 0 Å². The standard InChI is InChI=1S/C19H20N2O3/c22-19-16-5-1-2-6-17(16)20-18(21-19)13-7-9-14(10-8-13)24-12-15-4-3-11-23-15/h1-2,5-10,15,18,20H,3-4,11-12H2,(H,21,22)/t15-,18+/m0/s1. The topological polar surface area (TPSA) is 59.6 Å². The molecule has 1 amide bonds. The van der Waals surface area contributed by atoms with Crippen LogP contribution in [-0.2, 0) is 4.74 Å². The molecule has 2 aromatic rings. The summed E-state index contributed by atoms with van der Waals surface area (Å²) < 4.78 is 11.3. The predicted molar refractivity (Wildman–Crippen MR) is 91.2 cm³/mol. The Morgan fingerprint density at radius 3 is 2.71 bits per heavy atom. The smallest absolute Gasteiger partial charge is 0.255 e. The molecule has 5 nitrogen and oxygen atoms in total. The normalized spacial score (nSPS) is 22.4. The van der Waals surface area contributed by atoms with Gasteiger partial charge in [-0.1, -0.05) is 24.3 Å². The third-order valence-electron chi connectivity index (χ3n) is 4.42. The maximum Gasteiger partial charge on any atom is 0.255 e. The molecular weight excluding hydrogens is 304 g/mol. The molecule has 0 aromatic heterocycles. The average Bonchev–Trinajstić information content (AvgIpc) is 3.14. The van der Waals surface area contributed by atoms with Crippen LogP contribution >= 0.6 is 0 Å². The van der Waals surface area contributed by atoms with Gasteiger partial charge in [0, 0.05) is 12.3 Å². The zero-order chi connectivity index (χ0) is 16.4. The van der Waals surface area contributed by atoms with Crippen molar-refractivity contribution in [2.75, 3.05) is 18.5 Å². The van der Waals surface area contributed by atoms with Crippen molar-refractivity contribution in [2.45, 2.75) is 25.1 Å². The summed E-state index contributed by atoms with van der Waals surface area (Å²) >= 11 is 0. The highest BCUT2D eigenvalue weighted by Crippen LogP contribution is 2.27. The third-order valence-corrected chi connectivity index (χ3v) is 4.42. The molecule has 5 heteroatoms. The van der Waals surface area contributed by atoms with Crippen LogP contribution in [0.15, 0.2) is 48.5 Å². The zero-order valence-electron chi connectivity index (χ0n) is 13.3. The Balaban J connectivity index is 1.42. The molecule has 2 aliphatic rings. The van der Waals surface area contributed by atoms with E-state index in [1.165, 1.54) is 0 Å². The van der Waals surface area contributed by atoms with E-state index in [-0.39, 0.29) is 18.2 Å². The van der Waals surface area contributed by atoms with E-state index in [2.05, 4.69) is 10.6 Å². The average molecular weight is 324 g/mol. The van der Waals surface area contributed by atoms with Crippen molar-refractivity contribution in [3.63, 3.8) is 0 Å². The molecule has 0 unspecified atom stereocenters. The fourth-order valence-electron chi connectivity index (χ4n) is 3.10. The van der Waals surface area contributed by atoms with Crippen LogP contribution in [0.5, 0.6) is 5.75 Å². The lowest BCUT2D eigenvalue weighted by atomic mass is 10.1. The van der Waals surface area contributed by atoms with Crippen LogP contribution in [0.25, 0.3) is 0 Å². The highest BCUT2D eigenvalue weighted by Gasteiger charge is 2.24. The summed E-state index contributed by atoms with van der Waals surface area (Å²) in [5.41, 5.74) is 2.51. The number of rotatable bonds is 4. The number of para-hydroxylation sites is 1. The third kappa shape index (κ3) is 3.08. The van der Waals surface area contributed by atoms with E-state index in [1.807, 2.05) is 48.5 Å². The number of anilines is 1. The van der Waals surface area contributed by atoms with E-state index in [1.54, 1.807) is 0 Å². The molecule has 0 saturated carbocycles. The first-order valence-electron chi connectivity index (χ1n) is 8.30. The van der Waals surface area contributed by atoms with Crippen molar-refractivity contribution in [1.82, 2.24) is 5.32 Å². The van der Waals surface area contributed by atoms with E-state index >= 15 is 0 Å². The van der Waals surface area contributed by atoms with Crippen LogP contribution < -0.4 is 15.4 Å².